The van der Waals surface area contributed by atoms with Gasteiger partial charge in [0, 0.05) is 32.3 Å². The number of H-pyrrole nitrogens is 1. The van der Waals surface area contributed by atoms with Crippen LogP contribution < -0.4 is 10.2 Å². The first kappa shape index (κ1) is 27.4. The number of rotatable bonds is 15. The van der Waals surface area contributed by atoms with Crippen LogP contribution in [0.25, 0.3) is 10.2 Å². The Balaban J connectivity index is 1.48. The fourth-order valence-corrected chi connectivity index (χ4v) is 5.03. The van der Waals surface area contributed by atoms with E-state index in [1.54, 1.807) is 13.2 Å². The number of ether oxygens (including phenoxy) is 1. The van der Waals surface area contributed by atoms with E-state index in [0.717, 1.165) is 57.0 Å². The highest BCUT2D eigenvalue weighted by Gasteiger charge is 2.16. The number of hydrogen-bond acceptors (Lipinski definition) is 7. The number of aromatic nitrogens is 1. The number of thiazole rings is 1. The van der Waals surface area contributed by atoms with Gasteiger partial charge in [0.05, 0.1) is 17.4 Å². The van der Waals surface area contributed by atoms with E-state index in [-0.39, 0.29) is 10.6 Å². The Morgan fingerprint density at radius 1 is 1.11 bits per heavy atom. The molecular formula is C27H39N3O4S. The molecule has 0 spiro atoms. The Hall–Kier alpha value is -2.23. The molecule has 192 valence electrons. The van der Waals surface area contributed by atoms with Crippen LogP contribution in [0.3, 0.4) is 0 Å². The molecule has 1 aromatic heterocycles. The highest BCUT2D eigenvalue weighted by molar-refractivity contribution is 7.16. The van der Waals surface area contributed by atoms with E-state index >= 15 is 0 Å². The van der Waals surface area contributed by atoms with Crippen LogP contribution >= 0.6 is 11.3 Å². The number of hydrogen-bond donors (Lipinski definition) is 4. The summed E-state index contributed by atoms with van der Waals surface area (Å²) < 4.78 is 5.89. The van der Waals surface area contributed by atoms with Gasteiger partial charge in [-0.3, -0.25) is 4.79 Å². The monoisotopic (exact) mass is 501 g/mol. The molecule has 0 radical (unpaired) electrons. The number of nitrogens with zero attached hydrogens (tertiary/aromatic N) is 1. The molecule has 0 aliphatic rings. The van der Waals surface area contributed by atoms with E-state index in [2.05, 4.69) is 53.3 Å². The molecule has 2 aromatic carbocycles. The Kier molecular flexibility index (Phi) is 10.7. The van der Waals surface area contributed by atoms with Crippen molar-refractivity contribution in [2.45, 2.75) is 39.2 Å². The second-order valence-electron chi connectivity index (χ2n) is 9.45. The van der Waals surface area contributed by atoms with Gasteiger partial charge in [0.1, 0.15) is 11.3 Å². The maximum absolute atomic E-state index is 11.7. The molecule has 0 aliphatic carbocycles. The molecular weight excluding hydrogens is 462 g/mol. The third-order valence-corrected chi connectivity index (χ3v) is 7.15. The molecule has 1 atom stereocenters. The maximum Gasteiger partial charge on any atom is 0.305 e. The Bertz CT molecular complexity index is 1110. The summed E-state index contributed by atoms with van der Waals surface area (Å²) >= 11 is 1.00. The second kappa shape index (κ2) is 13.8. The van der Waals surface area contributed by atoms with E-state index in [0.29, 0.717) is 28.2 Å². The smallest absolute Gasteiger partial charge is 0.305 e. The van der Waals surface area contributed by atoms with Gasteiger partial charge in [0.2, 0.25) is 0 Å². The van der Waals surface area contributed by atoms with Gasteiger partial charge in [-0.1, -0.05) is 55.5 Å². The third kappa shape index (κ3) is 8.44. The zero-order valence-corrected chi connectivity index (χ0v) is 21.9. The van der Waals surface area contributed by atoms with Gasteiger partial charge >= 0.3 is 4.87 Å². The van der Waals surface area contributed by atoms with Gasteiger partial charge in [-0.25, -0.2) is 0 Å². The lowest BCUT2D eigenvalue weighted by Crippen LogP contribution is -2.31. The normalized spacial score (nSPS) is 12.7. The first-order chi connectivity index (χ1) is 16.9. The molecule has 4 N–H and O–H groups in total. The predicted molar refractivity (Wildman–Crippen MR) is 144 cm³/mol. The minimum absolute atomic E-state index is 0.0175. The lowest BCUT2D eigenvalue weighted by molar-refractivity contribution is 0.145. The van der Waals surface area contributed by atoms with Gasteiger partial charge < -0.3 is 30.2 Å². The van der Waals surface area contributed by atoms with Gasteiger partial charge in [-0.05, 0) is 55.5 Å². The fourth-order valence-electron chi connectivity index (χ4n) is 4.11. The number of aromatic amines is 1. The number of benzene rings is 2. The molecule has 35 heavy (non-hydrogen) atoms. The average Bonchev–Trinajstić information content (AvgIpc) is 3.24. The molecule has 0 bridgehead atoms. The van der Waals surface area contributed by atoms with Crippen LogP contribution in [0.2, 0.25) is 0 Å². The zero-order valence-electron chi connectivity index (χ0n) is 21.0. The summed E-state index contributed by atoms with van der Waals surface area (Å²) in [6.45, 7) is 9.47. The molecule has 7 nitrogen and oxygen atoms in total. The van der Waals surface area contributed by atoms with E-state index in [1.165, 1.54) is 23.6 Å². The number of aliphatic hydroxyl groups is 1. The summed E-state index contributed by atoms with van der Waals surface area (Å²) in [5, 5.41) is 23.9. The second-order valence-corrected chi connectivity index (χ2v) is 10.4. The van der Waals surface area contributed by atoms with Crippen molar-refractivity contribution in [2.75, 3.05) is 46.4 Å². The Labute approximate surface area is 211 Å². The number of phenolic OH excluding ortho intramolecular Hbond substituents is 1. The van der Waals surface area contributed by atoms with Crippen molar-refractivity contribution in [3.05, 3.63) is 62.8 Å². The van der Waals surface area contributed by atoms with Crippen LogP contribution in [0.4, 0.5) is 0 Å². The minimum Gasteiger partial charge on any atom is -0.506 e. The van der Waals surface area contributed by atoms with E-state index < -0.39 is 6.10 Å². The topological polar surface area (TPSA) is 97.8 Å². The van der Waals surface area contributed by atoms with Crippen molar-refractivity contribution >= 4 is 21.6 Å². The molecule has 3 aromatic rings. The summed E-state index contributed by atoms with van der Waals surface area (Å²) in [5.41, 5.74) is 3.64. The highest BCUT2D eigenvalue weighted by Crippen LogP contribution is 2.31. The maximum atomic E-state index is 11.7. The van der Waals surface area contributed by atoms with Crippen molar-refractivity contribution in [2.24, 2.45) is 5.92 Å². The number of fused-ring (bicyclic) bond motifs is 1. The summed E-state index contributed by atoms with van der Waals surface area (Å²) in [4.78, 5) is 16.6. The van der Waals surface area contributed by atoms with Crippen LogP contribution in [0.1, 0.15) is 43.1 Å². The standard InChI is InChI=1S/C27H39N3O4S/c1-19(2)10-13-30(15-16-34-3)14-11-21-6-4-5-20(17-21)9-12-28-18-24(32)22-7-8-23(31)25-26(22)35-27(33)29-25/h4-8,17,19,24,28,31-32H,9-16,18H2,1-3H3,(H,29,33)/t24-/m0/s1. The molecule has 1 heterocycles. The minimum atomic E-state index is -0.764. The number of aliphatic hydroxyl groups excluding tert-OH is 1. The molecule has 0 saturated heterocycles. The van der Waals surface area contributed by atoms with Crippen LogP contribution in [0.5, 0.6) is 5.75 Å². The van der Waals surface area contributed by atoms with Crippen molar-refractivity contribution in [3.8, 4) is 5.75 Å². The van der Waals surface area contributed by atoms with Gasteiger partial charge in [0.15, 0.2) is 0 Å². The highest BCUT2D eigenvalue weighted by atomic mass is 32.1. The van der Waals surface area contributed by atoms with Crippen LogP contribution in [-0.4, -0.2) is 66.5 Å². The van der Waals surface area contributed by atoms with Crippen molar-refractivity contribution in [3.63, 3.8) is 0 Å². The number of nitrogens with one attached hydrogen (secondary N) is 2. The Morgan fingerprint density at radius 3 is 2.63 bits per heavy atom. The summed E-state index contributed by atoms with van der Waals surface area (Å²) in [5.74, 6) is 0.714. The molecule has 0 saturated carbocycles. The lowest BCUT2D eigenvalue weighted by atomic mass is 10.0. The average molecular weight is 502 g/mol. The number of methoxy groups -OCH3 is 1. The fraction of sp³-hybridized carbons (Fsp3) is 0.519. The lowest BCUT2D eigenvalue weighted by Gasteiger charge is -2.23. The number of phenols is 1. The molecule has 8 heteroatoms. The van der Waals surface area contributed by atoms with Crippen LogP contribution in [0, 0.1) is 5.92 Å². The Morgan fingerprint density at radius 2 is 1.89 bits per heavy atom. The molecule has 3 rings (SSSR count). The third-order valence-electron chi connectivity index (χ3n) is 6.22. The van der Waals surface area contributed by atoms with Crippen molar-refractivity contribution in [1.29, 1.82) is 0 Å². The SMILES string of the molecule is COCCN(CCc1cccc(CCNC[C@H](O)c2ccc(O)c3[nH]c(=O)sc23)c1)CCC(C)C. The van der Waals surface area contributed by atoms with Crippen LogP contribution in [-0.2, 0) is 17.6 Å². The van der Waals surface area contributed by atoms with Gasteiger partial charge in [0.25, 0.3) is 0 Å². The zero-order chi connectivity index (χ0) is 25.2. The summed E-state index contributed by atoms with van der Waals surface area (Å²) in [6.07, 6.45) is 2.31. The van der Waals surface area contributed by atoms with E-state index in [4.69, 9.17) is 4.74 Å². The van der Waals surface area contributed by atoms with Crippen molar-refractivity contribution in [1.82, 2.24) is 15.2 Å². The molecule has 0 aliphatic heterocycles. The summed E-state index contributed by atoms with van der Waals surface area (Å²) in [7, 11) is 1.76. The largest absolute Gasteiger partial charge is 0.506 e. The predicted octanol–water partition coefficient (Wildman–Crippen LogP) is 3.70. The van der Waals surface area contributed by atoms with E-state index in [9.17, 15) is 15.0 Å². The molecule has 0 fully saturated rings. The summed E-state index contributed by atoms with van der Waals surface area (Å²) in [6, 6.07) is 11.9. The van der Waals surface area contributed by atoms with Gasteiger partial charge in [-0.15, -0.1) is 0 Å². The first-order valence-corrected chi connectivity index (χ1v) is 13.2. The molecule has 0 unspecified atom stereocenters. The first-order valence-electron chi connectivity index (χ1n) is 12.4. The quantitative estimate of drug-likeness (QED) is 0.237. The number of aromatic hydroxyl groups is 1. The van der Waals surface area contributed by atoms with Gasteiger partial charge in [-0.2, -0.15) is 0 Å². The van der Waals surface area contributed by atoms with Crippen LogP contribution in [0.15, 0.2) is 41.2 Å². The van der Waals surface area contributed by atoms with E-state index in [1.807, 2.05) is 0 Å². The molecule has 0 amide bonds. The van der Waals surface area contributed by atoms with Crippen molar-refractivity contribution < 1.29 is 14.9 Å².